The van der Waals surface area contributed by atoms with Gasteiger partial charge in [0.2, 0.25) is 0 Å². The topological polar surface area (TPSA) is 48.8 Å². The van der Waals surface area contributed by atoms with E-state index in [1.54, 1.807) is 19.6 Å². The van der Waals surface area contributed by atoms with E-state index >= 15 is 0 Å². The van der Waals surface area contributed by atoms with Crippen molar-refractivity contribution in [3.05, 3.63) is 77.9 Å². The molecule has 172 valence electrons. The second kappa shape index (κ2) is 12.3. The molecule has 2 aromatic carbocycles. The smallest absolute Gasteiger partial charge is 0.161 e. The maximum Gasteiger partial charge on any atom is 0.161 e. The van der Waals surface area contributed by atoms with E-state index in [1.165, 1.54) is 16.7 Å². The van der Waals surface area contributed by atoms with Crippen LogP contribution in [0.5, 0.6) is 11.5 Å². The molecule has 0 fully saturated rings. The molecule has 0 aliphatic heterocycles. The van der Waals surface area contributed by atoms with Gasteiger partial charge in [0, 0.05) is 38.6 Å². The Hall–Kier alpha value is -2.83. The van der Waals surface area contributed by atoms with Crippen molar-refractivity contribution in [1.29, 1.82) is 0 Å². The minimum atomic E-state index is 0.279. The molecule has 3 rings (SSSR count). The Morgan fingerprint density at radius 2 is 1.91 bits per heavy atom. The molecule has 0 bridgehead atoms. The quantitative estimate of drug-likeness (QED) is 0.388. The molecule has 0 amide bonds. The first kappa shape index (κ1) is 23.8. The molecular formula is C26H35N3O3. The van der Waals surface area contributed by atoms with Crippen molar-refractivity contribution in [3.63, 3.8) is 0 Å². The lowest BCUT2D eigenvalue weighted by Crippen LogP contribution is -2.35. The van der Waals surface area contributed by atoms with E-state index < -0.39 is 0 Å². The van der Waals surface area contributed by atoms with E-state index in [4.69, 9.17) is 14.2 Å². The molecule has 1 aromatic heterocycles. The van der Waals surface area contributed by atoms with Gasteiger partial charge < -0.3 is 18.8 Å². The third-order valence-corrected chi connectivity index (χ3v) is 5.53. The van der Waals surface area contributed by atoms with Crippen LogP contribution in [0.2, 0.25) is 0 Å². The molecule has 6 heteroatoms. The maximum atomic E-state index is 6.01. The maximum absolute atomic E-state index is 6.01. The van der Waals surface area contributed by atoms with Crippen LogP contribution in [0.3, 0.4) is 0 Å². The van der Waals surface area contributed by atoms with Crippen LogP contribution in [0.4, 0.5) is 0 Å². The van der Waals surface area contributed by atoms with E-state index in [1.807, 2.05) is 23.8 Å². The second-order valence-electron chi connectivity index (χ2n) is 8.00. The number of ether oxygens (including phenoxy) is 3. The van der Waals surface area contributed by atoms with E-state index in [-0.39, 0.29) is 6.04 Å². The van der Waals surface area contributed by atoms with Gasteiger partial charge in [-0.15, -0.1) is 0 Å². The normalized spacial score (nSPS) is 12.2. The monoisotopic (exact) mass is 437 g/mol. The van der Waals surface area contributed by atoms with Crippen molar-refractivity contribution >= 4 is 0 Å². The minimum absolute atomic E-state index is 0.279. The van der Waals surface area contributed by atoms with Crippen molar-refractivity contribution < 1.29 is 14.2 Å². The van der Waals surface area contributed by atoms with Gasteiger partial charge in [0.05, 0.1) is 26.1 Å². The zero-order chi connectivity index (χ0) is 22.8. The molecule has 32 heavy (non-hydrogen) atoms. The summed E-state index contributed by atoms with van der Waals surface area (Å²) in [6.45, 7) is 10.6. The highest BCUT2D eigenvalue weighted by Crippen LogP contribution is 2.30. The van der Waals surface area contributed by atoms with Gasteiger partial charge in [0.25, 0.3) is 0 Å². The third kappa shape index (κ3) is 6.84. The summed E-state index contributed by atoms with van der Waals surface area (Å²) in [5, 5.41) is 0. The number of benzene rings is 2. The third-order valence-electron chi connectivity index (χ3n) is 5.53. The molecule has 1 atom stereocenters. The standard InChI is InChI=1S/C26H35N3O3/c1-5-31-26-16-23(10-11-25(26)32-15-14-28-13-12-27-20-28)17-29(22(3)19-30-4)18-24-9-7-6-8-21(24)2/h6-13,16,20,22H,5,14-15,17-19H2,1-4H3. The van der Waals surface area contributed by atoms with E-state index in [2.05, 4.69) is 60.1 Å². The molecule has 0 aliphatic rings. The van der Waals surface area contributed by atoms with E-state index in [0.717, 1.165) is 31.1 Å². The van der Waals surface area contributed by atoms with Crippen LogP contribution in [0, 0.1) is 6.92 Å². The van der Waals surface area contributed by atoms with Crippen LogP contribution in [0.25, 0.3) is 0 Å². The lowest BCUT2D eigenvalue weighted by molar-refractivity contribution is 0.0893. The molecule has 1 heterocycles. The van der Waals surface area contributed by atoms with Crippen molar-refractivity contribution in [2.24, 2.45) is 0 Å². The number of aryl methyl sites for hydroxylation is 1. The fraction of sp³-hybridized carbons (Fsp3) is 0.423. The minimum Gasteiger partial charge on any atom is -0.490 e. The van der Waals surface area contributed by atoms with Gasteiger partial charge in [-0.25, -0.2) is 4.98 Å². The van der Waals surface area contributed by atoms with Crippen LogP contribution in [-0.2, 0) is 24.4 Å². The molecule has 6 nitrogen and oxygen atoms in total. The molecule has 0 spiro atoms. The average molecular weight is 438 g/mol. The van der Waals surface area contributed by atoms with Gasteiger partial charge in [-0.3, -0.25) is 4.90 Å². The Labute approximate surface area is 191 Å². The zero-order valence-corrected chi connectivity index (χ0v) is 19.7. The molecule has 0 aliphatic carbocycles. The Kier molecular flexibility index (Phi) is 9.13. The molecule has 0 saturated carbocycles. The summed E-state index contributed by atoms with van der Waals surface area (Å²) >= 11 is 0. The molecule has 3 aromatic rings. The average Bonchev–Trinajstić information content (AvgIpc) is 3.30. The highest BCUT2D eigenvalue weighted by Gasteiger charge is 2.17. The first-order valence-corrected chi connectivity index (χ1v) is 11.2. The summed E-state index contributed by atoms with van der Waals surface area (Å²) in [5.41, 5.74) is 3.82. The number of rotatable bonds is 13. The predicted molar refractivity (Wildman–Crippen MR) is 127 cm³/mol. The first-order chi connectivity index (χ1) is 15.6. The van der Waals surface area contributed by atoms with Crippen molar-refractivity contribution in [2.75, 3.05) is 26.9 Å². The zero-order valence-electron chi connectivity index (χ0n) is 19.7. The summed E-state index contributed by atoms with van der Waals surface area (Å²) in [6, 6.07) is 15.1. The van der Waals surface area contributed by atoms with Gasteiger partial charge in [-0.2, -0.15) is 0 Å². The van der Waals surface area contributed by atoms with Crippen LogP contribution in [0.15, 0.2) is 61.2 Å². The van der Waals surface area contributed by atoms with Gasteiger partial charge in [-0.1, -0.05) is 30.3 Å². The van der Waals surface area contributed by atoms with Crippen molar-refractivity contribution in [1.82, 2.24) is 14.5 Å². The Bertz CT molecular complexity index is 943. The Morgan fingerprint density at radius 3 is 2.62 bits per heavy atom. The van der Waals surface area contributed by atoms with E-state index in [0.29, 0.717) is 19.8 Å². The van der Waals surface area contributed by atoms with Crippen LogP contribution >= 0.6 is 0 Å². The Balaban J connectivity index is 1.72. The van der Waals surface area contributed by atoms with Gasteiger partial charge in [0.15, 0.2) is 11.5 Å². The molecule has 0 N–H and O–H groups in total. The summed E-state index contributed by atoms with van der Waals surface area (Å²) in [7, 11) is 1.76. The molecular weight excluding hydrogens is 402 g/mol. The number of methoxy groups -OCH3 is 1. The summed E-state index contributed by atoms with van der Waals surface area (Å²) in [4.78, 5) is 6.51. The Morgan fingerprint density at radius 1 is 1.06 bits per heavy atom. The number of hydrogen-bond acceptors (Lipinski definition) is 5. The second-order valence-corrected chi connectivity index (χ2v) is 8.00. The highest BCUT2D eigenvalue weighted by molar-refractivity contribution is 5.43. The largest absolute Gasteiger partial charge is 0.490 e. The lowest BCUT2D eigenvalue weighted by Gasteiger charge is -2.29. The van der Waals surface area contributed by atoms with Crippen molar-refractivity contribution in [2.45, 2.75) is 46.4 Å². The number of hydrogen-bond donors (Lipinski definition) is 0. The first-order valence-electron chi connectivity index (χ1n) is 11.2. The fourth-order valence-corrected chi connectivity index (χ4v) is 3.67. The molecule has 0 radical (unpaired) electrons. The predicted octanol–water partition coefficient (Wildman–Crippen LogP) is 4.71. The van der Waals surface area contributed by atoms with Gasteiger partial charge in [0.1, 0.15) is 6.61 Å². The SMILES string of the molecule is CCOc1cc(CN(Cc2ccccc2C)C(C)COC)ccc1OCCn1ccnc1. The van der Waals surface area contributed by atoms with Gasteiger partial charge in [-0.05, 0) is 49.6 Å². The van der Waals surface area contributed by atoms with Crippen LogP contribution < -0.4 is 9.47 Å². The van der Waals surface area contributed by atoms with Crippen molar-refractivity contribution in [3.8, 4) is 11.5 Å². The molecule has 1 unspecified atom stereocenters. The number of aromatic nitrogens is 2. The van der Waals surface area contributed by atoms with E-state index in [9.17, 15) is 0 Å². The number of imidazole rings is 1. The van der Waals surface area contributed by atoms with Crippen LogP contribution in [0.1, 0.15) is 30.5 Å². The van der Waals surface area contributed by atoms with Gasteiger partial charge >= 0.3 is 0 Å². The van der Waals surface area contributed by atoms with Crippen LogP contribution in [-0.4, -0.2) is 47.4 Å². The lowest BCUT2D eigenvalue weighted by atomic mass is 10.1. The summed E-state index contributed by atoms with van der Waals surface area (Å²) in [6.07, 6.45) is 5.49. The number of nitrogens with zero attached hydrogens (tertiary/aromatic N) is 3. The highest BCUT2D eigenvalue weighted by atomic mass is 16.5. The molecule has 0 saturated heterocycles. The fourth-order valence-electron chi connectivity index (χ4n) is 3.67. The summed E-state index contributed by atoms with van der Waals surface area (Å²) in [5.74, 6) is 1.55. The summed E-state index contributed by atoms with van der Waals surface area (Å²) < 4.78 is 19.4.